The van der Waals surface area contributed by atoms with Crippen LogP contribution in [0.1, 0.15) is 60.6 Å². The standard InChI is InChI=1S/C24H29NO5/c1-14-9-17-16(10-22(14)29-8-6-7-28-5)19-13-30-24(3,4)23(19)25-12-18(15(2)26)21(27)11-20(17)25/h9-12,19,23H,6-8,13H2,1-5H3/t19-,23?/m1/s1. The fraction of sp³-hybridized carbons (Fsp3) is 0.500. The molecular weight excluding hydrogens is 382 g/mol. The SMILES string of the molecule is COCCCOc1cc2c(cc1C)-c1cc(=O)c(C(C)=O)cn1C1[C@@H]2COC1(C)C. The van der Waals surface area contributed by atoms with E-state index in [1.54, 1.807) is 19.4 Å². The van der Waals surface area contributed by atoms with Crippen LogP contribution in [-0.4, -0.2) is 42.9 Å². The van der Waals surface area contributed by atoms with Gasteiger partial charge < -0.3 is 18.8 Å². The van der Waals surface area contributed by atoms with Crippen LogP contribution in [-0.2, 0) is 9.47 Å². The van der Waals surface area contributed by atoms with Gasteiger partial charge in [0.25, 0.3) is 0 Å². The summed E-state index contributed by atoms with van der Waals surface area (Å²) in [6.07, 6.45) is 2.54. The molecule has 6 heteroatoms. The van der Waals surface area contributed by atoms with Gasteiger partial charge in [0.05, 0.1) is 36.1 Å². The van der Waals surface area contributed by atoms with Gasteiger partial charge in [0, 0.05) is 43.9 Å². The largest absolute Gasteiger partial charge is 0.493 e. The molecule has 30 heavy (non-hydrogen) atoms. The molecule has 2 aliphatic rings. The van der Waals surface area contributed by atoms with E-state index < -0.39 is 5.60 Å². The quantitative estimate of drug-likeness (QED) is 0.533. The number of hydrogen-bond donors (Lipinski definition) is 0. The van der Waals surface area contributed by atoms with Crippen molar-refractivity contribution >= 4 is 5.78 Å². The minimum Gasteiger partial charge on any atom is -0.493 e. The Kier molecular flexibility index (Phi) is 5.32. The highest BCUT2D eigenvalue weighted by Crippen LogP contribution is 2.53. The van der Waals surface area contributed by atoms with Crippen LogP contribution in [0.3, 0.4) is 0 Å². The normalized spacial score (nSPS) is 21.0. The van der Waals surface area contributed by atoms with Gasteiger partial charge in [0.15, 0.2) is 11.2 Å². The van der Waals surface area contributed by atoms with Crippen molar-refractivity contribution in [3.05, 3.63) is 51.3 Å². The van der Waals surface area contributed by atoms with E-state index in [0.29, 0.717) is 19.8 Å². The van der Waals surface area contributed by atoms with Gasteiger partial charge in [-0.2, -0.15) is 0 Å². The lowest BCUT2D eigenvalue weighted by molar-refractivity contribution is 0.0145. The van der Waals surface area contributed by atoms with E-state index in [9.17, 15) is 9.59 Å². The summed E-state index contributed by atoms with van der Waals surface area (Å²) in [6, 6.07) is 5.77. The second-order valence-corrected chi connectivity index (χ2v) is 8.77. The molecule has 1 saturated heterocycles. The minimum atomic E-state index is -0.426. The molecule has 0 saturated carbocycles. The Balaban J connectivity index is 1.86. The maximum Gasteiger partial charge on any atom is 0.192 e. The van der Waals surface area contributed by atoms with E-state index >= 15 is 0 Å². The number of ether oxygens (including phenoxy) is 3. The molecule has 160 valence electrons. The number of hydrogen-bond acceptors (Lipinski definition) is 5. The summed E-state index contributed by atoms with van der Waals surface area (Å²) in [5, 5.41) is 0. The van der Waals surface area contributed by atoms with Gasteiger partial charge in [-0.15, -0.1) is 0 Å². The molecule has 1 aromatic heterocycles. The maximum atomic E-state index is 12.6. The van der Waals surface area contributed by atoms with Crippen molar-refractivity contribution in [1.82, 2.24) is 4.57 Å². The summed E-state index contributed by atoms with van der Waals surface area (Å²) in [4.78, 5) is 24.7. The predicted molar refractivity (Wildman–Crippen MR) is 115 cm³/mol. The number of carbonyl (C=O) groups excluding carboxylic acids is 1. The summed E-state index contributed by atoms with van der Waals surface area (Å²) >= 11 is 0. The van der Waals surface area contributed by atoms with Crippen LogP contribution in [0.4, 0.5) is 0 Å². The number of ketones is 1. The Bertz CT molecular complexity index is 1050. The molecule has 2 atom stereocenters. The number of fused-ring (bicyclic) bond motifs is 6. The van der Waals surface area contributed by atoms with Crippen LogP contribution in [0.25, 0.3) is 11.3 Å². The summed E-state index contributed by atoms with van der Waals surface area (Å²) < 4.78 is 19.4. The Morgan fingerprint density at radius 2 is 2.03 bits per heavy atom. The zero-order valence-electron chi connectivity index (χ0n) is 18.3. The van der Waals surface area contributed by atoms with Gasteiger partial charge in [-0.1, -0.05) is 0 Å². The number of Topliss-reactive ketones (excluding diaryl/α,β-unsaturated/α-hetero) is 1. The number of pyridine rings is 1. The van der Waals surface area contributed by atoms with Crippen LogP contribution in [0.15, 0.2) is 29.2 Å². The van der Waals surface area contributed by atoms with Crippen LogP contribution in [0.5, 0.6) is 5.75 Å². The van der Waals surface area contributed by atoms with E-state index in [1.807, 2.05) is 6.92 Å². The van der Waals surface area contributed by atoms with Gasteiger partial charge in [-0.3, -0.25) is 9.59 Å². The molecule has 0 amide bonds. The molecular formula is C24H29NO5. The average molecular weight is 411 g/mol. The Morgan fingerprint density at radius 3 is 2.73 bits per heavy atom. The third-order valence-corrected chi connectivity index (χ3v) is 6.26. The second kappa shape index (κ2) is 7.67. The summed E-state index contributed by atoms with van der Waals surface area (Å²) in [5.41, 5.74) is 3.53. The van der Waals surface area contributed by atoms with E-state index in [-0.39, 0.29) is 28.7 Å². The van der Waals surface area contributed by atoms with Crippen molar-refractivity contribution in [1.29, 1.82) is 0 Å². The lowest BCUT2D eigenvalue weighted by Crippen LogP contribution is -2.36. The van der Waals surface area contributed by atoms with Gasteiger partial charge in [-0.25, -0.2) is 0 Å². The van der Waals surface area contributed by atoms with Crippen molar-refractivity contribution in [2.45, 2.75) is 51.7 Å². The first kappa shape index (κ1) is 20.8. The number of aromatic nitrogens is 1. The number of nitrogens with zero attached hydrogens (tertiary/aromatic N) is 1. The van der Waals surface area contributed by atoms with E-state index in [0.717, 1.165) is 34.6 Å². The van der Waals surface area contributed by atoms with Crippen molar-refractivity contribution in [2.24, 2.45) is 0 Å². The Morgan fingerprint density at radius 1 is 1.27 bits per heavy atom. The van der Waals surface area contributed by atoms with Gasteiger partial charge in [0.2, 0.25) is 0 Å². The topological polar surface area (TPSA) is 66.8 Å². The number of carbonyl (C=O) groups is 1. The third-order valence-electron chi connectivity index (χ3n) is 6.26. The zero-order valence-corrected chi connectivity index (χ0v) is 18.3. The summed E-state index contributed by atoms with van der Waals surface area (Å²) in [6.45, 7) is 9.40. The predicted octanol–water partition coefficient (Wildman–Crippen LogP) is 3.89. The fourth-order valence-corrected chi connectivity index (χ4v) is 4.79. The zero-order chi connectivity index (χ0) is 21.6. The number of rotatable bonds is 6. The van der Waals surface area contributed by atoms with Crippen molar-refractivity contribution in [3.8, 4) is 17.0 Å². The van der Waals surface area contributed by atoms with Crippen LogP contribution in [0.2, 0.25) is 0 Å². The molecule has 0 N–H and O–H groups in total. The molecule has 0 spiro atoms. The minimum absolute atomic E-state index is 0.0113. The smallest absolute Gasteiger partial charge is 0.192 e. The molecule has 1 unspecified atom stereocenters. The third kappa shape index (κ3) is 3.38. The number of aryl methyl sites for hydroxylation is 1. The van der Waals surface area contributed by atoms with E-state index in [2.05, 4.69) is 30.5 Å². The van der Waals surface area contributed by atoms with Crippen LogP contribution >= 0.6 is 0 Å². The summed E-state index contributed by atoms with van der Waals surface area (Å²) in [7, 11) is 1.68. The average Bonchev–Trinajstić information content (AvgIpc) is 3.01. The highest BCUT2D eigenvalue weighted by atomic mass is 16.5. The van der Waals surface area contributed by atoms with Gasteiger partial charge in [0.1, 0.15) is 5.75 Å². The number of benzene rings is 1. The molecule has 0 radical (unpaired) electrons. The Hall–Kier alpha value is -2.44. The molecule has 0 aliphatic carbocycles. The lowest BCUT2D eigenvalue weighted by atomic mass is 9.78. The monoisotopic (exact) mass is 411 g/mol. The highest BCUT2D eigenvalue weighted by molar-refractivity contribution is 5.94. The van der Waals surface area contributed by atoms with Crippen LogP contribution < -0.4 is 10.2 Å². The van der Waals surface area contributed by atoms with Gasteiger partial charge >= 0.3 is 0 Å². The van der Waals surface area contributed by atoms with Crippen LogP contribution in [0, 0.1) is 6.92 Å². The van der Waals surface area contributed by atoms with Crippen molar-refractivity contribution in [2.75, 3.05) is 26.9 Å². The fourth-order valence-electron chi connectivity index (χ4n) is 4.79. The molecule has 1 aromatic carbocycles. The van der Waals surface area contributed by atoms with E-state index in [4.69, 9.17) is 14.2 Å². The first-order valence-electron chi connectivity index (χ1n) is 10.4. The molecule has 1 fully saturated rings. The first-order chi connectivity index (χ1) is 14.2. The summed E-state index contributed by atoms with van der Waals surface area (Å²) in [5.74, 6) is 0.751. The molecule has 4 rings (SSSR count). The molecule has 3 heterocycles. The van der Waals surface area contributed by atoms with E-state index in [1.165, 1.54) is 6.92 Å². The second-order valence-electron chi connectivity index (χ2n) is 8.77. The highest BCUT2D eigenvalue weighted by Gasteiger charge is 2.49. The lowest BCUT2D eigenvalue weighted by Gasteiger charge is -2.38. The molecule has 2 aliphatic heterocycles. The maximum absolute atomic E-state index is 12.6. The molecule has 0 bridgehead atoms. The van der Waals surface area contributed by atoms with Crippen molar-refractivity contribution < 1.29 is 19.0 Å². The first-order valence-corrected chi connectivity index (χ1v) is 10.4. The molecule has 6 nitrogen and oxygen atoms in total. The van der Waals surface area contributed by atoms with Crippen molar-refractivity contribution in [3.63, 3.8) is 0 Å². The number of methoxy groups -OCH3 is 1. The molecule has 2 aromatic rings. The van der Waals surface area contributed by atoms with Gasteiger partial charge in [-0.05, 0) is 51.0 Å². The Labute approximate surface area is 176 Å².